The second-order valence-electron chi connectivity index (χ2n) is 6.06. The molecule has 2 nitrogen and oxygen atoms in total. The Hall–Kier alpha value is -0.0800. The summed E-state index contributed by atoms with van der Waals surface area (Å²) in [6.45, 7) is 12.1. The Morgan fingerprint density at radius 1 is 1.07 bits per heavy atom. The molecule has 1 aliphatic rings. The molecule has 0 bridgehead atoms. The van der Waals surface area contributed by atoms with Crippen LogP contribution in [0, 0.1) is 11.8 Å². The minimum atomic E-state index is -0.357. The van der Waals surface area contributed by atoms with Gasteiger partial charge in [0.2, 0.25) is 0 Å². The summed E-state index contributed by atoms with van der Waals surface area (Å²) >= 11 is 0. The van der Waals surface area contributed by atoms with Crippen LogP contribution < -0.4 is 0 Å². The fourth-order valence-electron chi connectivity index (χ4n) is 2.40. The molecule has 1 N–H and O–H groups in total. The van der Waals surface area contributed by atoms with E-state index in [0.717, 1.165) is 32.5 Å². The largest absolute Gasteiger partial charge is 0.389 e. The summed E-state index contributed by atoms with van der Waals surface area (Å²) in [5, 5.41) is 10.2. The van der Waals surface area contributed by atoms with Crippen molar-refractivity contribution >= 4 is 0 Å². The zero-order valence-electron chi connectivity index (χ0n) is 10.8. The van der Waals surface area contributed by atoms with Crippen molar-refractivity contribution in [3.05, 3.63) is 0 Å². The first-order valence-corrected chi connectivity index (χ1v) is 6.36. The van der Waals surface area contributed by atoms with Crippen LogP contribution in [-0.4, -0.2) is 35.2 Å². The van der Waals surface area contributed by atoms with Crippen LogP contribution in [0.1, 0.15) is 47.0 Å². The van der Waals surface area contributed by atoms with E-state index in [2.05, 4.69) is 32.6 Å². The molecule has 2 heteroatoms. The molecule has 90 valence electrons. The molecule has 0 aromatic carbocycles. The molecule has 1 aliphatic carbocycles. The van der Waals surface area contributed by atoms with Crippen LogP contribution in [0.4, 0.5) is 0 Å². The molecule has 15 heavy (non-hydrogen) atoms. The Bertz CT molecular complexity index is 175. The zero-order valence-corrected chi connectivity index (χ0v) is 10.8. The second-order valence-corrected chi connectivity index (χ2v) is 6.06. The number of nitrogens with zero attached hydrogens (tertiary/aromatic N) is 1. The highest BCUT2D eigenvalue weighted by atomic mass is 16.3. The van der Waals surface area contributed by atoms with Crippen molar-refractivity contribution in [2.24, 2.45) is 11.8 Å². The highest BCUT2D eigenvalue weighted by molar-refractivity contribution is 4.90. The van der Waals surface area contributed by atoms with Crippen LogP contribution in [0.25, 0.3) is 0 Å². The summed E-state index contributed by atoms with van der Waals surface area (Å²) in [6, 6.07) is 0. The summed E-state index contributed by atoms with van der Waals surface area (Å²) in [7, 11) is 0. The lowest BCUT2D eigenvalue weighted by atomic mass is 9.79. The number of hydrogen-bond acceptors (Lipinski definition) is 2. The molecule has 1 saturated carbocycles. The molecule has 0 spiro atoms. The first kappa shape index (κ1) is 13.0. The fourth-order valence-corrected chi connectivity index (χ4v) is 2.40. The van der Waals surface area contributed by atoms with Gasteiger partial charge in [-0.05, 0) is 31.1 Å². The van der Waals surface area contributed by atoms with Gasteiger partial charge in [0.25, 0.3) is 0 Å². The van der Waals surface area contributed by atoms with Gasteiger partial charge in [-0.1, -0.05) is 27.7 Å². The standard InChI is InChI=1S/C13H27NO/c1-11(2)8-14(9-12(3)4)10-13(15)6-5-7-13/h11-12,15H,5-10H2,1-4H3. The predicted octanol–water partition coefficient (Wildman–Crippen LogP) is 2.52. The summed E-state index contributed by atoms with van der Waals surface area (Å²) in [5.74, 6) is 1.37. The van der Waals surface area contributed by atoms with Gasteiger partial charge in [0.15, 0.2) is 0 Å². The van der Waals surface area contributed by atoms with Crippen LogP contribution in [0.15, 0.2) is 0 Å². The average molecular weight is 213 g/mol. The van der Waals surface area contributed by atoms with E-state index in [9.17, 15) is 5.11 Å². The Kier molecular flexibility index (Phi) is 4.60. The van der Waals surface area contributed by atoms with Crippen molar-refractivity contribution in [1.82, 2.24) is 4.90 Å². The Morgan fingerprint density at radius 2 is 1.53 bits per heavy atom. The Labute approximate surface area is 94.7 Å². The van der Waals surface area contributed by atoms with Crippen LogP contribution >= 0.6 is 0 Å². The highest BCUT2D eigenvalue weighted by Gasteiger charge is 2.36. The molecule has 0 radical (unpaired) electrons. The molecule has 0 aliphatic heterocycles. The fraction of sp³-hybridized carbons (Fsp3) is 1.00. The van der Waals surface area contributed by atoms with Gasteiger partial charge in [-0.25, -0.2) is 0 Å². The van der Waals surface area contributed by atoms with Crippen molar-refractivity contribution in [2.75, 3.05) is 19.6 Å². The maximum absolute atomic E-state index is 10.2. The van der Waals surface area contributed by atoms with Crippen molar-refractivity contribution < 1.29 is 5.11 Å². The van der Waals surface area contributed by atoms with E-state index in [4.69, 9.17) is 0 Å². The van der Waals surface area contributed by atoms with Crippen LogP contribution in [-0.2, 0) is 0 Å². The van der Waals surface area contributed by atoms with Crippen LogP contribution in [0.5, 0.6) is 0 Å². The van der Waals surface area contributed by atoms with Gasteiger partial charge in [-0.3, -0.25) is 4.90 Å². The SMILES string of the molecule is CC(C)CN(CC(C)C)CC1(O)CCC1. The van der Waals surface area contributed by atoms with E-state index >= 15 is 0 Å². The maximum atomic E-state index is 10.2. The monoisotopic (exact) mass is 213 g/mol. The molecule has 0 heterocycles. The third-order valence-electron chi connectivity index (χ3n) is 3.05. The highest BCUT2D eigenvalue weighted by Crippen LogP contribution is 2.32. The van der Waals surface area contributed by atoms with Gasteiger partial charge >= 0.3 is 0 Å². The molecule has 1 rings (SSSR count). The smallest absolute Gasteiger partial charge is 0.0774 e. The quantitative estimate of drug-likeness (QED) is 0.733. The van der Waals surface area contributed by atoms with E-state index in [1.54, 1.807) is 0 Å². The first-order valence-electron chi connectivity index (χ1n) is 6.36. The summed E-state index contributed by atoms with van der Waals surface area (Å²) in [6.07, 6.45) is 3.20. The molecule has 0 unspecified atom stereocenters. The lowest BCUT2D eigenvalue weighted by molar-refractivity contribution is -0.0620. The third-order valence-corrected chi connectivity index (χ3v) is 3.05. The predicted molar refractivity (Wildman–Crippen MR) is 64.9 cm³/mol. The Morgan fingerprint density at radius 3 is 1.80 bits per heavy atom. The first-order chi connectivity index (χ1) is 6.91. The van der Waals surface area contributed by atoms with Crippen molar-refractivity contribution in [3.63, 3.8) is 0 Å². The van der Waals surface area contributed by atoms with Gasteiger partial charge < -0.3 is 5.11 Å². The van der Waals surface area contributed by atoms with Crippen molar-refractivity contribution in [2.45, 2.75) is 52.6 Å². The number of aliphatic hydroxyl groups is 1. The average Bonchev–Trinajstić information content (AvgIpc) is 1.98. The maximum Gasteiger partial charge on any atom is 0.0774 e. The van der Waals surface area contributed by atoms with Crippen LogP contribution in [0.3, 0.4) is 0 Å². The van der Waals surface area contributed by atoms with Crippen LogP contribution in [0.2, 0.25) is 0 Å². The van der Waals surface area contributed by atoms with Gasteiger partial charge in [0.05, 0.1) is 5.60 Å². The summed E-state index contributed by atoms with van der Waals surface area (Å²) in [5.41, 5.74) is -0.357. The molecule has 0 atom stereocenters. The van der Waals surface area contributed by atoms with Crippen molar-refractivity contribution in [3.8, 4) is 0 Å². The zero-order chi connectivity index (χ0) is 11.5. The summed E-state index contributed by atoms with van der Waals surface area (Å²) < 4.78 is 0. The van der Waals surface area contributed by atoms with Gasteiger partial charge in [0, 0.05) is 19.6 Å². The van der Waals surface area contributed by atoms with E-state index in [1.165, 1.54) is 6.42 Å². The molecule has 0 aromatic rings. The van der Waals surface area contributed by atoms with E-state index < -0.39 is 0 Å². The molecular formula is C13H27NO. The van der Waals surface area contributed by atoms with Gasteiger partial charge in [-0.2, -0.15) is 0 Å². The van der Waals surface area contributed by atoms with E-state index in [-0.39, 0.29) is 5.60 Å². The number of hydrogen-bond donors (Lipinski definition) is 1. The molecule has 1 fully saturated rings. The topological polar surface area (TPSA) is 23.5 Å². The van der Waals surface area contributed by atoms with Crippen molar-refractivity contribution in [1.29, 1.82) is 0 Å². The minimum absolute atomic E-state index is 0.357. The van der Waals surface area contributed by atoms with Gasteiger partial charge in [0.1, 0.15) is 0 Å². The minimum Gasteiger partial charge on any atom is -0.389 e. The van der Waals surface area contributed by atoms with E-state index in [1.807, 2.05) is 0 Å². The lowest BCUT2D eigenvalue weighted by Crippen LogP contribution is -2.49. The van der Waals surface area contributed by atoms with E-state index in [0.29, 0.717) is 11.8 Å². The molecule has 0 saturated heterocycles. The van der Waals surface area contributed by atoms with Gasteiger partial charge in [-0.15, -0.1) is 0 Å². The normalized spacial score (nSPS) is 20.0. The molecule has 0 amide bonds. The molecular weight excluding hydrogens is 186 g/mol. The second kappa shape index (κ2) is 5.31. The number of rotatable bonds is 6. The molecule has 0 aromatic heterocycles. The third kappa shape index (κ3) is 4.52. The summed E-state index contributed by atoms with van der Waals surface area (Å²) in [4.78, 5) is 2.44. The lowest BCUT2D eigenvalue weighted by Gasteiger charge is -2.41. The Balaban J connectivity index is 2.40.